The van der Waals surface area contributed by atoms with Crippen molar-refractivity contribution in [1.29, 1.82) is 0 Å². The van der Waals surface area contributed by atoms with Gasteiger partial charge in [-0.3, -0.25) is 4.79 Å². The van der Waals surface area contributed by atoms with Crippen molar-refractivity contribution in [2.75, 3.05) is 23.8 Å². The number of halogens is 1. The lowest BCUT2D eigenvalue weighted by molar-refractivity contribution is 0.0981. The highest BCUT2D eigenvalue weighted by atomic mass is 32.2. The van der Waals surface area contributed by atoms with Crippen molar-refractivity contribution in [2.24, 2.45) is 11.8 Å². The van der Waals surface area contributed by atoms with Gasteiger partial charge < -0.3 is 15.4 Å². The predicted molar refractivity (Wildman–Crippen MR) is 148 cm³/mol. The van der Waals surface area contributed by atoms with E-state index in [1.165, 1.54) is 36.5 Å². The van der Waals surface area contributed by atoms with Gasteiger partial charge in [0.1, 0.15) is 28.1 Å². The third-order valence-corrected chi connectivity index (χ3v) is 8.51. The molecule has 1 saturated heterocycles. The molecule has 1 aromatic carbocycles. The fraction of sp³-hybridized carbons (Fsp3) is 0.393. The molecule has 1 unspecified atom stereocenters. The Morgan fingerprint density at radius 1 is 1.26 bits per heavy atom. The number of pyridine rings is 2. The number of rotatable bonds is 8. The molecule has 11 heteroatoms. The SMILES string of the molecule is CC(C)COc1cc(F)cc(-c2ccc(C(=O)NS(=O)(=O)c3cccnc3N)c(N3CCC(C)C3(C)C)n2)c1. The summed E-state index contributed by atoms with van der Waals surface area (Å²) in [5.74, 6) is -0.334. The second-order valence-electron chi connectivity index (χ2n) is 10.8. The van der Waals surface area contributed by atoms with E-state index in [0.717, 1.165) is 6.42 Å². The number of anilines is 2. The molecule has 3 aromatic rings. The molecule has 0 spiro atoms. The van der Waals surface area contributed by atoms with E-state index in [1.54, 1.807) is 12.1 Å². The molecule has 1 atom stereocenters. The summed E-state index contributed by atoms with van der Waals surface area (Å²) in [5, 5.41) is 0. The van der Waals surface area contributed by atoms with Gasteiger partial charge in [-0.05, 0) is 68.5 Å². The molecule has 3 N–H and O–H groups in total. The van der Waals surface area contributed by atoms with Crippen molar-refractivity contribution in [3.05, 3.63) is 60.0 Å². The van der Waals surface area contributed by atoms with Crippen molar-refractivity contribution < 1.29 is 22.3 Å². The maximum absolute atomic E-state index is 14.5. The van der Waals surface area contributed by atoms with E-state index in [9.17, 15) is 17.6 Å². The van der Waals surface area contributed by atoms with Crippen molar-refractivity contribution in [3.63, 3.8) is 0 Å². The normalized spacial score (nSPS) is 16.9. The van der Waals surface area contributed by atoms with E-state index in [-0.39, 0.29) is 33.7 Å². The van der Waals surface area contributed by atoms with Crippen LogP contribution in [0.25, 0.3) is 11.3 Å². The number of ether oxygens (including phenoxy) is 1. The molecule has 1 aliphatic rings. The Kier molecular flexibility index (Phi) is 7.83. The molecule has 3 heterocycles. The highest BCUT2D eigenvalue weighted by molar-refractivity contribution is 7.90. The minimum absolute atomic E-state index is 0.0691. The Labute approximate surface area is 228 Å². The number of hydrogen-bond acceptors (Lipinski definition) is 8. The molecule has 0 bridgehead atoms. The third kappa shape index (κ3) is 5.98. The van der Waals surface area contributed by atoms with E-state index in [1.807, 2.05) is 32.6 Å². The van der Waals surface area contributed by atoms with E-state index < -0.39 is 21.7 Å². The van der Waals surface area contributed by atoms with Gasteiger partial charge in [0.25, 0.3) is 15.9 Å². The van der Waals surface area contributed by atoms with Gasteiger partial charge in [0.2, 0.25) is 0 Å². The van der Waals surface area contributed by atoms with Crippen LogP contribution >= 0.6 is 0 Å². The number of amides is 1. The fourth-order valence-electron chi connectivity index (χ4n) is 4.52. The number of hydrogen-bond donors (Lipinski definition) is 2. The lowest BCUT2D eigenvalue weighted by atomic mass is 9.90. The van der Waals surface area contributed by atoms with Gasteiger partial charge in [0.15, 0.2) is 0 Å². The monoisotopic (exact) mass is 555 g/mol. The summed E-state index contributed by atoms with van der Waals surface area (Å²) in [6.45, 7) is 11.3. The number of aromatic nitrogens is 2. The van der Waals surface area contributed by atoms with E-state index in [4.69, 9.17) is 15.5 Å². The third-order valence-electron chi connectivity index (χ3n) is 7.13. The van der Waals surface area contributed by atoms with Crippen LogP contribution in [0.5, 0.6) is 5.75 Å². The van der Waals surface area contributed by atoms with Gasteiger partial charge in [-0.25, -0.2) is 27.5 Å². The molecule has 0 radical (unpaired) electrons. The molecule has 0 aliphatic carbocycles. The summed E-state index contributed by atoms with van der Waals surface area (Å²) in [6.07, 6.45) is 2.22. The Balaban J connectivity index is 1.77. The predicted octanol–water partition coefficient (Wildman–Crippen LogP) is 4.64. The number of sulfonamides is 1. The summed E-state index contributed by atoms with van der Waals surface area (Å²) >= 11 is 0. The van der Waals surface area contributed by atoms with Crippen LogP contribution in [0.1, 0.15) is 51.4 Å². The molecular weight excluding hydrogens is 521 g/mol. The molecule has 1 aliphatic heterocycles. The molecule has 1 amide bonds. The quantitative estimate of drug-likeness (QED) is 0.411. The molecule has 9 nitrogen and oxygen atoms in total. The van der Waals surface area contributed by atoms with E-state index in [0.29, 0.717) is 36.0 Å². The summed E-state index contributed by atoms with van der Waals surface area (Å²) < 4.78 is 48.3. The molecule has 208 valence electrons. The topological polar surface area (TPSA) is 128 Å². The van der Waals surface area contributed by atoms with Gasteiger partial charge in [-0.1, -0.05) is 20.8 Å². The number of benzene rings is 1. The molecular formula is C28H34FN5O4S. The Hall–Kier alpha value is -3.73. The molecule has 4 rings (SSSR count). The summed E-state index contributed by atoms with van der Waals surface area (Å²) in [7, 11) is -4.30. The number of carbonyl (C=O) groups excluding carboxylic acids is 1. The summed E-state index contributed by atoms with van der Waals surface area (Å²) in [5.41, 5.74) is 6.34. The number of nitrogens with one attached hydrogen (secondary N) is 1. The maximum Gasteiger partial charge on any atom is 0.268 e. The summed E-state index contributed by atoms with van der Waals surface area (Å²) in [4.78, 5) is 23.7. The smallest absolute Gasteiger partial charge is 0.268 e. The van der Waals surface area contributed by atoms with Crippen LogP contribution in [0.15, 0.2) is 53.6 Å². The standard InChI is InChI=1S/C28H34FN5O4S/c1-17(2)16-38-21-14-19(13-20(29)15-21)23-9-8-22(26(32-23)34-12-10-18(3)28(34,4)5)27(35)33-39(36,37)24-7-6-11-31-25(24)30/h6-9,11,13-15,17-18H,10,12,16H2,1-5H3,(H2,30,31)(H,33,35). The van der Waals surface area contributed by atoms with Gasteiger partial charge in [0, 0.05) is 29.9 Å². The lowest BCUT2D eigenvalue weighted by Crippen LogP contribution is -2.43. The average molecular weight is 556 g/mol. The zero-order valence-electron chi connectivity index (χ0n) is 22.7. The highest BCUT2D eigenvalue weighted by Crippen LogP contribution is 2.39. The first-order valence-corrected chi connectivity index (χ1v) is 14.3. The van der Waals surface area contributed by atoms with Crippen LogP contribution < -0.4 is 20.1 Å². The van der Waals surface area contributed by atoms with Crippen LogP contribution in [-0.2, 0) is 10.0 Å². The average Bonchev–Trinajstić information content (AvgIpc) is 3.13. The first-order chi connectivity index (χ1) is 18.3. The van der Waals surface area contributed by atoms with E-state index in [2.05, 4.69) is 16.6 Å². The molecule has 39 heavy (non-hydrogen) atoms. The maximum atomic E-state index is 14.5. The number of nitrogens with zero attached hydrogens (tertiary/aromatic N) is 3. The number of carbonyl (C=O) groups is 1. The van der Waals surface area contributed by atoms with Crippen molar-refractivity contribution in [3.8, 4) is 17.0 Å². The van der Waals surface area contributed by atoms with Crippen LogP contribution in [0.2, 0.25) is 0 Å². The first-order valence-electron chi connectivity index (χ1n) is 12.8. The van der Waals surface area contributed by atoms with Crippen molar-refractivity contribution in [1.82, 2.24) is 14.7 Å². The summed E-state index contributed by atoms with van der Waals surface area (Å²) in [6, 6.07) is 10.1. The van der Waals surface area contributed by atoms with Crippen LogP contribution in [0.3, 0.4) is 0 Å². The number of nitrogen functional groups attached to an aromatic ring is 1. The Morgan fingerprint density at radius 2 is 2.00 bits per heavy atom. The number of nitrogens with two attached hydrogens (primary N) is 1. The minimum atomic E-state index is -4.30. The molecule has 2 aromatic heterocycles. The zero-order valence-corrected chi connectivity index (χ0v) is 23.5. The largest absolute Gasteiger partial charge is 0.493 e. The molecule has 0 saturated carbocycles. The van der Waals surface area contributed by atoms with Crippen molar-refractivity contribution in [2.45, 2.75) is 51.5 Å². The Morgan fingerprint density at radius 3 is 2.64 bits per heavy atom. The first kappa shape index (κ1) is 28.3. The van der Waals surface area contributed by atoms with Gasteiger partial charge in [-0.15, -0.1) is 0 Å². The van der Waals surface area contributed by atoms with Crippen LogP contribution in [0, 0.1) is 17.7 Å². The molecule has 1 fully saturated rings. The second kappa shape index (κ2) is 10.8. The van der Waals surface area contributed by atoms with Gasteiger partial charge >= 0.3 is 0 Å². The van der Waals surface area contributed by atoms with Crippen LogP contribution in [0.4, 0.5) is 16.0 Å². The van der Waals surface area contributed by atoms with Crippen LogP contribution in [-0.4, -0.2) is 43.0 Å². The Bertz CT molecular complexity index is 1490. The van der Waals surface area contributed by atoms with Gasteiger partial charge in [0.05, 0.1) is 17.9 Å². The lowest BCUT2D eigenvalue weighted by Gasteiger charge is -2.36. The zero-order chi connectivity index (χ0) is 28.5. The second-order valence-corrected chi connectivity index (χ2v) is 12.4. The van der Waals surface area contributed by atoms with Crippen molar-refractivity contribution >= 4 is 27.6 Å². The van der Waals surface area contributed by atoms with E-state index >= 15 is 0 Å². The fourth-order valence-corrected chi connectivity index (χ4v) is 5.57. The van der Waals surface area contributed by atoms with Gasteiger partial charge in [-0.2, -0.15) is 0 Å². The minimum Gasteiger partial charge on any atom is -0.493 e. The highest BCUT2D eigenvalue weighted by Gasteiger charge is 2.41.